The molecule has 0 radical (unpaired) electrons. The van der Waals surface area contributed by atoms with Crippen LogP contribution in [0.5, 0.6) is 0 Å². The molecular formula is C12H16F13N2O3+. The minimum atomic E-state index is -8.00. The predicted molar refractivity (Wildman–Crippen MR) is 72.5 cm³/mol. The maximum atomic E-state index is 13.5. The molecule has 182 valence electrons. The molecular weight excluding hydrogens is 467 g/mol. The number of nitrogens with zero attached hydrogens (tertiary/aromatic N) is 1. The number of hydrogen-bond acceptors (Lipinski definition) is 3. The lowest BCUT2D eigenvalue weighted by molar-refractivity contribution is -0.440. The molecule has 0 saturated carbocycles. The van der Waals surface area contributed by atoms with Gasteiger partial charge in [-0.1, -0.05) is 0 Å². The maximum Gasteiger partial charge on any atom is 0.460 e. The van der Waals surface area contributed by atoms with Gasteiger partial charge in [-0.3, -0.25) is 9.69 Å². The number of aliphatic carboxylic acids is 1. The van der Waals surface area contributed by atoms with Gasteiger partial charge in [-0.25, -0.2) is 0 Å². The van der Waals surface area contributed by atoms with E-state index in [1.807, 2.05) is 0 Å². The van der Waals surface area contributed by atoms with E-state index in [2.05, 4.69) is 0 Å². The van der Waals surface area contributed by atoms with Gasteiger partial charge in [-0.05, 0) is 7.05 Å². The monoisotopic (exact) mass is 483 g/mol. The summed E-state index contributed by atoms with van der Waals surface area (Å²) < 4.78 is 167. The molecule has 0 aromatic heterocycles. The number of quaternary nitrogens is 1. The Kier molecular flexibility index (Phi) is 9.08. The Labute approximate surface area is 159 Å². The molecule has 0 aliphatic heterocycles. The van der Waals surface area contributed by atoms with E-state index in [1.165, 1.54) is 0 Å². The molecule has 1 atom stereocenters. The zero-order valence-corrected chi connectivity index (χ0v) is 14.9. The lowest BCUT2D eigenvalue weighted by atomic mass is 9.91. The number of aliphatic hydroxyl groups is 1. The quantitative estimate of drug-likeness (QED) is 0.411. The molecule has 0 aliphatic carbocycles. The molecule has 0 amide bonds. The number of alkyl halides is 13. The highest BCUT2D eigenvalue weighted by Gasteiger charge is 2.90. The molecule has 0 rings (SSSR count). The van der Waals surface area contributed by atoms with E-state index >= 15 is 0 Å². The van der Waals surface area contributed by atoms with Crippen LogP contribution in [-0.2, 0) is 4.79 Å². The third kappa shape index (κ3) is 5.37. The number of halogens is 13. The summed E-state index contributed by atoms with van der Waals surface area (Å²) >= 11 is 0. The van der Waals surface area contributed by atoms with E-state index < -0.39 is 67.4 Å². The number of rotatable bonds is 10. The molecule has 0 bridgehead atoms. The van der Waals surface area contributed by atoms with E-state index in [-0.39, 0.29) is 6.15 Å². The Morgan fingerprint density at radius 1 is 0.800 bits per heavy atom. The first-order chi connectivity index (χ1) is 12.5. The number of hydrogen-bond donors (Lipinski definition) is 3. The molecule has 0 aromatic rings. The van der Waals surface area contributed by atoms with Crippen LogP contribution in [0.3, 0.4) is 0 Å². The Balaban J connectivity index is 0. The van der Waals surface area contributed by atoms with Crippen molar-refractivity contribution in [3.05, 3.63) is 0 Å². The van der Waals surface area contributed by atoms with Crippen LogP contribution in [0, 0.1) is 0 Å². The van der Waals surface area contributed by atoms with Crippen molar-refractivity contribution in [2.75, 3.05) is 20.1 Å². The Hall–Kier alpha value is -1.56. The van der Waals surface area contributed by atoms with Gasteiger partial charge in [0.15, 0.2) is 0 Å². The van der Waals surface area contributed by atoms with Crippen molar-refractivity contribution in [3.63, 3.8) is 0 Å². The van der Waals surface area contributed by atoms with Gasteiger partial charge < -0.3 is 16.4 Å². The van der Waals surface area contributed by atoms with E-state index in [0.29, 0.717) is 4.90 Å². The van der Waals surface area contributed by atoms with E-state index in [9.17, 15) is 67.0 Å². The van der Waals surface area contributed by atoms with Gasteiger partial charge in [-0.15, -0.1) is 0 Å². The van der Waals surface area contributed by atoms with Crippen LogP contribution < -0.4 is 6.15 Å². The van der Waals surface area contributed by atoms with E-state index in [4.69, 9.17) is 5.11 Å². The van der Waals surface area contributed by atoms with E-state index in [1.54, 1.807) is 0 Å². The molecule has 0 heterocycles. The van der Waals surface area contributed by atoms with Crippen LogP contribution in [0.25, 0.3) is 0 Å². The summed E-state index contributed by atoms with van der Waals surface area (Å²) in [6, 6.07) is 0. The van der Waals surface area contributed by atoms with Crippen molar-refractivity contribution in [2.24, 2.45) is 0 Å². The number of carboxylic acids is 1. The zero-order valence-electron chi connectivity index (χ0n) is 14.9. The Morgan fingerprint density at radius 2 is 1.17 bits per heavy atom. The smallest absolute Gasteiger partial charge is 0.460 e. The third-order valence-corrected chi connectivity index (χ3v) is 3.42. The van der Waals surface area contributed by atoms with Gasteiger partial charge in [0, 0.05) is 13.0 Å². The summed E-state index contributed by atoms with van der Waals surface area (Å²) in [5.74, 6) is -39.2. The molecule has 0 saturated heterocycles. The second kappa shape index (κ2) is 8.89. The molecule has 30 heavy (non-hydrogen) atoms. The van der Waals surface area contributed by atoms with E-state index in [0.717, 1.165) is 7.05 Å². The molecule has 18 heteroatoms. The lowest BCUT2D eigenvalue weighted by Gasteiger charge is -2.40. The first-order valence-corrected chi connectivity index (χ1v) is 7.00. The molecule has 0 aliphatic rings. The fraction of sp³-hybridized carbons (Fsp3) is 0.917. The van der Waals surface area contributed by atoms with Crippen LogP contribution in [-0.4, -0.2) is 83.1 Å². The summed E-state index contributed by atoms with van der Waals surface area (Å²) in [6.07, 6.45) is -13.1. The first kappa shape index (κ1) is 30.6. The van der Waals surface area contributed by atoms with Crippen molar-refractivity contribution in [1.82, 2.24) is 11.1 Å². The molecule has 0 aromatic carbocycles. The average Bonchev–Trinajstić information content (AvgIpc) is 2.42. The number of aliphatic hydroxyl groups excluding tert-OH is 1. The number of carbonyl (C=O) groups is 1. The van der Waals surface area contributed by atoms with Crippen LogP contribution in [0.15, 0.2) is 0 Å². The summed E-state index contributed by atoms with van der Waals surface area (Å²) in [7, 11) is 0.820. The van der Waals surface area contributed by atoms with Gasteiger partial charge in [0.2, 0.25) is 0 Å². The molecule has 0 spiro atoms. The van der Waals surface area contributed by atoms with Crippen molar-refractivity contribution in [1.29, 1.82) is 0 Å². The summed E-state index contributed by atoms with van der Waals surface area (Å²) in [5.41, 5.74) is 0. The van der Waals surface area contributed by atoms with Crippen LogP contribution >= 0.6 is 0 Å². The zero-order chi connectivity index (χ0) is 23.9. The fourth-order valence-corrected chi connectivity index (χ4v) is 1.95. The van der Waals surface area contributed by atoms with Crippen molar-refractivity contribution in [2.45, 2.75) is 48.3 Å². The normalized spacial score (nSPS) is 15.7. The fourth-order valence-electron chi connectivity index (χ4n) is 1.95. The van der Waals surface area contributed by atoms with Gasteiger partial charge in [0.1, 0.15) is 0 Å². The Bertz CT molecular complexity index is 594. The van der Waals surface area contributed by atoms with Gasteiger partial charge >= 0.3 is 41.8 Å². The molecule has 1 unspecified atom stereocenters. The van der Waals surface area contributed by atoms with Crippen LogP contribution in [0.1, 0.15) is 6.42 Å². The average molecular weight is 483 g/mol. The summed E-state index contributed by atoms with van der Waals surface area (Å²) in [6.45, 7) is -2.19. The standard InChI is InChI=1S/C12H12F13NO3.H3N/c1-26(4-6(28)29)3-5(27)2-7(13,14)8(15,16)9(17,18)10(19,20)11(21,22)12(23,24)25;/h5,27H,2-4H2,1H3,(H,28,29);1H3/p+1. The number of carboxylic acid groups (broad SMARTS) is 1. The highest BCUT2D eigenvalue weighted by Crippen LogP contribution is 2.60. The molecule has 0 fully saturated rings. The van der Waals surface area contributed by atoms with Crippen LogP contribution in [0.4, 0.5) is 57.1 Å². The molecule has 5 nitrogen and oxygen atoms in total. The van der Waals surface area contributed by atoms with Crippen molar-refractivity contribution in [3.8, 4) is 0 Å². The Morgan fingerprint density at radius 3 is 1.50 bits per heavy atom. The third-order valence-electron chi connectivity index (χ3n) is 3.42. The number of likely N-dealkylation sites (N-methyl/N-ethyl adjacent to an activating group) is 1. The highest BCUT2D eigenvalue weighted by molar-refractivity contribution is 5.69. The topological polar surface area (TPSA) is 97.3 Å². The highest BCUT2D eigenvalue weighted by atomic mass is 19.4. The van der Waals surface area contributed by atoms with Crippen molar-refractivity contribution < 1.29 is 72.1 Å². The second-order valence-corrected chi connectivity index (χ2v) is 5.95. The van der Waals surface area contributed by atoms with Gasteiger partial charge in [-0.2, -0.15) is 57.1 Å². The van der Waals surface area contributed by atoms with Crippen molar-refractivity contribution >= 4 is 5.97 Å². The largest absolute Gasteiger partial charge is 0.480 e. The lowest BCUT2D eigenvalue weighted by Crippen LogP contribution is -2.70. The minimum Gasteiger partial charge on any atom is -0.480 e. The minimum absolute atomic E-state index is 0. The van der Waals surface area contributed by atoms with Crippen LogP contribution in [0.2, 0.25) is 0 Å². The SMILES string of the molecule is CN(CC(=O)O)CC(O)CC(F)(F)C(F)(F)C(F)(F)C(F)(F)C(F)(F)C(F)(F)F.[NH4+]. The predicted octanol–water partition coefficient (Wildman–Crippen LogP) is 3.87. The summed E-state index contributed by atoms with van der Waals surface area (Å²) in [4.78, 5) is 10.8. The second-order valence-electron chi connectivity index (χ2n) is 5.95. The maximum absolute atomic E-state index is 13.5. The molecule has 6 N–H and O–H groups in total. The summed E-state index contributed by atoms with van der Waals surface area (Å²) in [5, 5.41) is 17.5. The van der Waals surface area contributed by atoms with Gasteiger partial charge in [0.25, 0.3) is 0 Å². The van der Waals surface area contributed by atoms with Gasteiger partial charge in [0.05, 0.1) is 12.6 Å². The first-order valence-electron chi connectivity index (χ1n) is 7.00.